The average Bonchev–Trinajstić information content (AvgIpc) is 2.94. The summed E-state index contributed by atoms with van der Waals surface area (Å²) in [7, 11) is 0. The third-order valence-electron chi connectivity index (χ3n) is 3.08. The van der Waals surface area contributed by atoms with E-state index < -0.39 is 0 Å². The molecular weight excluding hydrogens is 325 g/mol. The van der Waals surface area contributed by atoms with E-state index >= 15 is 0 Å². The molecule has 0 fully saturated rings. The van der Waals surface area contributed by atoms with Crippen molar-refractivity contribution in [3.8, 4) is 17.0 Å². The Balaban J connectivity index is 1.87. The molecular formula is C16H11Cl2NOS. The van der Waals surface area contributed by atoms with Crippen LogP contribution in [0.15, 0.2) is 47.8 Å². The lowest BCUT2D eigenvalue weighted by atomic mass is 10.1. The molecule has 0 amide bonds. The quantitative estimate of drug-likeness (QED) is 0.693. The van der Waals surface area contributed by atoms with Crippen LogP contribution >= 0.6 is 34.5 Å². The molecule has 21 heavy (non-hydrogen) atoms. The number of aromatic hydroxyl groups is 1. The molecule has 0 aliphatic rings. The Hall–Kier alpha value is -1.55. The van der Waals surface area contributed by atoms with Gasteiger partial charge in [0, 0.05) is 28.5 Å². The number of thiazole rings is 1. The second-order valence-electron chi connectivity index (χ2n) is 4.56. The highest BCUT2D eigenvalue weighted by atomic mass is 35.5. The van der Waals surface area contributed by atoms with Crippen LogP contribution in [-0.2, 0) is 6.42 Å². The normalized spacial score (nSPS) is 10.8. The lowest BCUT2D eigenvalue weighted by Gasteiger charge is -2.04. The van der Waals surface area contributed by atoms with Gasteiger partial charge >= 0.3 is 0 Å². The first-order valence-electron chi connectivity index (χ1n) is 6.30. The van der Waals surface area contributed by atoms with E-state index in [4.69, 9.17) is 23.2 Å². The Morgan fingerprint density at radius 2 is 1.81 bits per heavy atom. The Morgan fingerprint density at radius 1 is 1.05 bits per heavy atom. The van der Waals surface area contributed by atoms with Crippen LogP contribution in [0.2, 0.25) is 10.0 Å². The first kappa shape index (κ1) is 14.4. The summed E-state index contributed by atoms with van der Waals surface area (Å²) in [6, 6.07) is 13.2. The summed E-state index contributed by atoms with van der Waals surface area (Å²) in [6.07, 6.45) is 0.594. The van der Waals surface area contributed by atoms with E-state index in [1.807, 2.05) is 35.7 Å². The minimum Gasteiger partial charge on any atom is -0.506 e. The summed E-state index contributed by atoms with van der Waals surface area (Å²) in [4.78, 5) is 4.62. The van der Waals surface area contributed by atoms with Gasteiger partial charge in [-0.15, -0.1) is 11.3 Å². The molecule has 0 atom stereocenters. The maximum absolute atomic E-state index is 9.51. The van der Waals surface area contributed by atoms with Crippen molar-refractivity contribution in [2.24, 2.45) is 0 Å². The first-order valence-corrected chi connectivity index (χ1v) is 7.94. The maximum Gasteiger partial charge on any atom is 0.135 e. The Kier molecular flexibility index (Phi) is 4.15. The van der Waals surface area contributed by atoms with E-state index in [1.54, 1.807) is 17.4 Å². The molecule has 0 aliphatic heterocycles. The van der Waals surface area contributed by atoms with Crippen LogP contribution in [0.1, 0.15) is 10.6 Å². The topological polar surface area (TPSA) is 33.1 Å². The largest absolute Gasteiger partial charge is 0.506 e. The number of benzene rings is 2. The molecule has 5 heteroatoms. The van der Waals surface area contributed by atoms with Gasteiger partial charge in [-0.1, -0.05) is 53.5 Å². The van der Waals surface area contributed by atoms with Crippen molar-refractivity contribution >= 4 is 34.5 Å². The summed E-state index contributed by atoms with van der Waals surface area (Å²) in [5, 5.41) is 13.3. The Labute approximate surface area is 136 Å². The second kappa shape index (κ2) is 6.06. The Morgan fingerprint density at radius 3 is 2.57 bits per heavy atom. The van der Waals surface area contributed by atoms with Crippen LogP contribution < -0.4 is 0 Å². The average molecular weight is 336 g/mol. The summed E-state index contributed by atoms with van der Waals surface area (Å²) >= 11 is 13.6. The van der Waals surface area contributed by atoms with Crippen LogP contribution in [0.25, 0.3) is 11.3 Å². The van der Waals surface area contributed by atoms with Crippen LogP contribution in [-0.4, -0.2) is 10.1 Å². The van der Waals surface area contributed by atoms with Gasteiger partial charge in [0.25, 0.3) is 0 Å². The minimum atomic E-state index is -0.00506. The van der Waals surface area contributed by atoms with Crippen molar-refractivity contribution < 1.29 is 5.11 Å². The molecule has 0 saturated heterocycles. The maximum atomic E-state index is 9.51. The van der Waals surface area contributed by atoms with Gasteiger partial charge in [0.05, 0.1) is 15.7 Å². The minimum absolute atomic E-state index is 0.00506. The molecule has 1 N–H and O–H groups in total. The number of hydrogen-bond donors (Lipinski definition) is 1. The van der Waals surface area contributed by atoms with Crippen molar-refractivity contribution in [3.63, 3.8) is 0 Å². The fourth-order valence-corrected chi connectivity index (χ4v) is 3.25. The van der Waals surface area contributed by atoms with E-state index in [0.717, 1.165) is 21.8 Å². The number of phenols is 1. The number of aromatic nitrogens is 1. The lowest BCUT2D eigenvalue weighted by Crippen LogP contribution is -1.89. The SMILES string of the molecule is Oc1cc(Cl)c(Cc2nc(-c3ccccc3)cs2)cc1Cl. The highest BCUT2D eigenvalue weighted by molar-refractivity contribution is 7.10. The van der Waals surface area contributed by atoms with Gasteiger partial charge in [0.2, 0.25) is 0 Å². The van der Waals surface area contributed by atoms with Gasteiger partial charge in [0.1, 0.15) is 5.75 Å². The molecule has 0 spiro atoms. The molecule has 3 rings (SSSR count). The fraction of sp³-hybridized carbons (Fsp3) is 0.0625. The summed E-state index contributed by atoms with van der Waals surface area (Å²) < 4.78 is 0. The molecule has 1 aromatic heterocycles. The second-order valence-corrected chi connectivity index (χ2v) is 6.32. The molecule has 0 radical (unpaired) electrons. The Bertz CT molecular complexity index is 771. The van der Waals surface area contributed by atoms with Gasteiger partial charge in [-0.2, -0.15) is 0 Å². The van der Waals surface area contributed by atoms with Crippen LogP contribution in [0.4, 0.5) is 0 Å². The monoisotopic (exact) mass is 335 g/mol. The van der Waals surface area contributed by atoms with E-state index in [-0.39, 0.29) is 5.75 Å². The lowest BCUT2D eigenvalue weighted by molar-refractivity contribution is 0.475. The third kappa shape index (κ3) is 3.21. The number of phenolic OH excluding ortho intramolecular Hbond substituents is 1. The zero-order valence-electron chi connectivity index (χ0n) is 10.9. The molecule has 2 nitrogen and oxygen atoms in total. The highest BCUT2D eigenvalue weighted by Gasteiger charge is 2.10. The molecule has 2 aromatic carbocycles. The van der Waals surface area contributed by atoms with Crippen molar-refractivity contribution in [1.82, 2.24) is 4.98 Å². The van der Waals surface area contributed by atoms with E-state index in [0.29, 0.717) is 16.5 Å². The zero-order valence-corrected chi connectivity index (χ0v) is 13.2. The molecule has 0 aliphatic carbocycles. The van der Waals surface area contributed by atoms with Crippen LogP contribution in [0.3, 0.4) is 0 Å². The molecule has 0 bridgehead atoms. The number of halogens is 2. The zero-order chi connectivity index (χ0) is 14.8. The van der Waals surface area contributed by atoms with Gasteiger partial charge in [0.15, 0.2) is 0 Å². The van der Waals surface area contributed by atoms with Crippen molar-refractivity contribution in [2.45, 2.75) is 6.42 Å². The van der Waals surface area contributed by atoms with Crippen molar-refractivity contribution in [1.29, 1.82) is 0 Å². The summed E-state index contributed by atoms with van der Waals surface area (Å²) in [6.45, 7) is 0. The smallest absolute Gasteiger partial charge is 0.135 e. The van der Waals surface area contributed by atoms with Gasteiger partial charge in [-0.3, -0.25) is 0 Å². The predicted octanol–water partition coefficient (Wildman–Crippen LogP) is 5.41. The summed E-state index contributed by atoms with van der Waals surface area (Å²) in [5.41, 5.74) is 2.90. The van der Waals surface area contributed by atoms with Crippen LogP contribution in [0, 0.1) is 0 Å². The van der Waals surface area contributed by atoms with E-state index in [2.05, 4.69) is 4.98 Å². The summed E-state index contributed by atoms with van der Waals surface area (Å²) in [5.74, 6) is -0.00506. The predicted molar refractivity (Wildman–Crippen MR) is 88.5 cm³/mol. The third-order valence-corrected chi connectivity index (χ3v) is 4.58. The number of nitrogens with zero attached hydrogens (tertiary/aromatic N) is 1. The standard InChI is InChI=1S/C16H11Cl2NOS/c17-12-8-15(20)13(18)6-11(12)7-16-19-14(9-21-16)10-4-2-1-3-5-10/h1-6,8-9,20H,7H2. The molecule has 0 saturated carbocycles. The van der Waals surface area contributed by atoms with Crippen molar-refractivity contribution in [3.05, 3.63) is 68.5 Å². The van der Waals surface area contributed by atoms with Gasteiger partial charge in [-0.25, -0.2) is 4.98 Å². The van der Waals surface area contributed by atoms with Gasteiger partial charge in [-0.05, 0) is 11.6 Å². The van der Waals surface area contributed by atoms with Crippen molar-refractivity contribution in [2.75, 3.05) is 0 Å². The molecule has 3 aromatic rings. The number of hydrogen-bond acceptors (Lipinski definition) is 3. The molecule has 106 valence electrons. The highest BCUT2D eigenvalue weighted by Crippen LogP contribution is 2.32. The van der Waals surface area contributed by atoms with E-state index in [1.165, 1.54) is 6.07 Å². The number of rotatable bonds is 3. The first-order chi connectivity index (χ1) is 10.1. The fourth-order valence-electron chi connectivity index (χ4n) is 2.01. The van der Waals surface area contributed by atoms with Crippen LogP contribution in [0.5, 0.6) is 5.75 Å². The van der Waals surface area contributed by atoms with E-state index in [9.17, 15) is 5.11 Å². The van der Waals surface area contributed by atoms with Gasteiger partial charge < -0.3 is 5.11 Å². The molecule has 0 unspecified atom stereocenters. The molecule has 1 heterocycles.